The molecule has 1 aromatic rings. The molecule has 0 saturated carbocycles. The van der Waals surface area contributed by atoms with E-state index in [2.05, 4.69) is 4.90 Å². The molecule has 0 unspecified atom stereocenters. The minimum atomic E-state index is -0.570. The fourth-order valence-electron chi connectivity index (χ4n) is 2.01. The summed E-state index contributed by atoms with van der Waals surface area (Å²) < 4.78 is 10.9. The topological polar surface area (TPSA) is 41.9 Å². The number of anilines is 1. The SMILES string of the molecule is COc1cccc(N(C)CCOC(C)C)c1[C@H](C)O. The molecule has 4 nitrogen and oxygen atoms in total. The van der Waals surface area contributed by atoms with E-state index in [0.29, 0.717) is 12.4 Å². The van der Waals surface area contributed by atoms with Gasteiger partial charge in [0.15, 0.2) is 0 Å². The Morgan fingerprint density at radius 3 is 2.47 bits per heavy atom. The predicted molar refractivity (Wildman–Crippen MR) is 78.0 cm³/mol. The smallest absolute Gasteiger partial charge is 0.126 e. The molecule has 0 aliphatic rings. The zero-order valence-electron chi connectivity index (χ0n) is 12.5. The van der Waals surface area contributed by atoms with Gasteiger partial charge < -0.3 is 19.5 Å². The molecule has 0 aliphatic heterocycles. The van der Waals surface area contributed by atoms with Crippen molar-refractivity contribution in [1.29, 1.82) is 0 Å². The normalized spacial score (nSPS) is 12.6. The maximum atomic E-state index is 9.94. The van der Waals surface area contributed by atoms with E-state index >= 15 is 0 Å². The number of benzene rings is 1. The van der Waals surface area contributed by atoms with Gasteiger partial charge in [-0.2, -0.15) is 0 Å². The third-order valence-electron chi connectivity index (χ3n) is 2.97. The fourth-order valence-corrected chi connectivity index (χ4v) is 2.01. The van der Waals surface area contributed by atoms with Crippen molar-refractivity contribution in [3.63, 3.8) is 0 Å². The summed E-state index contributed by atoms with van der Waals surface area (Å²) in [7, 11) is 3.61. The van der Waals surface area contributed by atoms with Gasteiger partial charge in [0.05, 0.1) is 25.9 Å². The molecular weight excluding hydrogens is 242 g/mol. The molecule has 0 amide bonds. The van der Waals surface area contributed by atoms with Crippen molar-refractivity contribution in [2.75, 3.05) is 32.2 Å². The lowest BCUT2D eigenvalue weighted by Crippen LogP contribution is -2.25. The molecule has 0 radical (unpaired) electrons. The minimum absolute atomic E-state index is 0.231. The van der Waals surface area contributed by atoms with Gasteiger partial charge in [-0.3, -0.25) is 0 Å². The summed E-state index contributed by atoms with van der Waals surface area (Å²) in [6.07, 6.45) is -0.338. The summed E-state index contributed by atoms with van der Waals surface area (Å²) in [4.78, 5) is 2.08. The molecular formula is C15H25NO3. The molecule has 0 aromatic heterocycles. The Balaban J connectivity index is 2.86. The average molecular weight is 267 g/mol. The highest BCUT2D eigenvalue weighted by Gasteiger charge is 2.16. The molecule has 0 fully saturated rings. The van der Waals surface area contributed by atoms with E-state index in [-0.39, 0.29) is 6.10 Å². The Bertz CT molecular complexity index is 391. The van der Waals surface area contributed by atoms with Crippen LogP contribution in [0.15, 0.2) is 18.2 Å². The Labute approximate surface area is 115 Å². The van der Waals surface area contributed by atoms with Gasteiger partial charge in [0.1, 0.15) is 5.75 Å². The lowest BCUT2D eigenvalue weighted by Gasteiger charge is -2.25. The summed E-state index contributed by atoms with van der Waals surface area (Å²) in [5.41, 5.74) is 1.79. The van der Waals surface area contributed by atoms with E-state index in [1.165, 1.54) is 0 Å². The number of aliphatic hydroxyl groups excluding tert-OH is 1. The highest BCUT2D eigenvalue weighted by atomic mass is 16.5. The van der Waals surface area contributed by atoms with Crippen LogP contribution >= 0.6 is 0 Å². The van der Waals surface area contributed by atoms with Crippen LogP contribution in [0, 0.1) is 0 Å². The van der Waals surface area contributed by atoms with E-state index in [1.54, 1.807) is 14.0 Å². The van der Waals surface area contributed by atoms with Crippen molar-refractivity contribution in [2.45, 2.75) is 33.0 Å². The molecule has 0 aliphatic carbocycles. The van der Waals surface area contributed by atoms with Crippen LogP contribution in [0.5, 0.6) is 5.75 Å². The van der Waals surface area contributed by atoms with E-state index < -0.39 is 6.10 Å². The Hall–Kier alpha value is -1.26. The maximum absolute atomic E-state index is 9.94. The monoisotopic (exact) mass is 267 g/mol. The number of hydrogen-bond acceptors (Lipinski definition) is 4. The number of methoxy groups -OCH3 is 1. The fraction of sp³-hybridized carbons (Fsp3) is 0.600. The molecule has 4 heteroatoms. The molecule has 1 aromatic carbocycles. The second kappa shape index (κ2) is 7.36. The predicted octanol–water partition coefficient (Wildman–Crippen LogP) is 2.61. The van der Waals surface area contributed by atoms with Crippen LogP contribution in [0.3, 0.4) is 0 Å². The van der Waals surface area contributed by atoms with Crippen molar-refractivity contribution in [2.24, 2.45) is 0 Å². The molecule has 108 valence electrons. The van der Waals surface area contributed by atoms with E-state index in [1.807, 2.05) is 39.1 Å². The number of hydrogen-bond donors (Lipinski definition) is 1. The molecule has 0 saturated heterocycles. The van der Waals surface area contributed by atoms with Crippen LogP contribution in [0.4, 0.5) is 5.69 Å². The molecule has 0 bridgehead atoms. The average Bonchev–Trinajstić information content (AvgIpc) is 2.36. The van der Waals surface area contributed by atoms with Crippen molar-refractivity contribution in [1.82, 2.24) is 0 Å². The summed E-state index contributed by atoms with van der Waals surface area (Å²) in [5.74, 6) is 0.712. The van der Waals surface area contributed by atoms with Gasteiger partial charge in [0.25, 0.3) is 0 Å². The number of nitrogens with zero attached hydrogens (tertiary/aromatic N) is 1. The zero-order valence-corrected chi connectivity index (χ0v) is 12.5. The van der Waals surface area contributed by atoms with Crippen LogP contribution in [0.1, 0.15) is 32.4 Å². The molecule has 0 spiro atoms. The second-order valence-electron chi connectivity index (χ2n) is 4.91. The third-order valence-corrected chi connectivity index (χ3v) is 2.97. The first-order valence-electron chi connectivity index (χ1n) is 6.65. The quantitative estimate of drug-likeness (QED) is 0.824. The van der Waals surface area contributed by atoms with Crippen LogP contribution in [0.25, 0.3) is 0 Å². The molecule has 1 rings (SSSR count). The number of rotatable bonds is 7. The molecule has 19 heavy (non-hydrogen) atoms. The minimum Gasteiger partial charge on any atom is -0.496 e. The van der Waals surface area contributed by atoms with Gasteiger partial charge in [-0.1, -0.05) is 6.07 Å². The van der Waals surface area contributed by atoms with Crippen LogP contribution in [0.2, 0.25) is 0 Å². The van der Waals surface area contributed by atoms with Gasteiger partial charge >= 0.3 is 0 Å². The van der Waals surface area contributed by atoms with E-state index in [4.69, 9.17) is 9.47 Å². The van der Waals surface area contributed by atoms with Crippen LogP contribution in [-0.2, 0) is 4.74 Å². The summed E-state index contributed by atoms with van der Waals surface area (Å²) in [6, 6.07) is 5.78. The van der Waals surface area contributed by atoms with Gasteiger partial charge in [0, 0.05) is 24.8 Å². The van der Waals surface area contributed by atoms with Crippen molar-refractivity contribution < 1.29 is 14.6 Å². The molecule has 0 heterocycles. The summed E-state index contributed by atoms with van der Waals surface area (Å²) in [6.45, 7) is 7.22. The third kappa shape index (κ3) is 4.40. The van der Waals surface area contributed by atoms with Gasteiger partial charge in [-0.05, 0) is 32.9 Å². The van der Waals surface area contributed by atoms with Crippen LogP contribution < -0.4 is 9.64 Å². The highest BCUT2D eigenvalue weighted by molar-refractivity contribution is 5.60. The van der Waals surface area contributed by atoms with E-state index in [9.17, 15) is 5.11 Å². The van der Waals surface area contributed by atoms with Crippen LogP contribution in [-0.4, -0.2) is 38.5 Å². The summed E-state index contributed by atoms with van der Waals surface area (Å²) in [5, 5.41) is 9.94. The number of aliphatic hydroxyl groups is 1. The molecule has 1 N–H and O–H groups in total. The zero-order chi connectivity index (χ0) is 14.4. The first kappa shape index (κ1) is 15.8. The van der Waals surface area contributed by atoms with Gasteiger partial charge in [-0.15, -0.1) is 0 Å². The van der Waals surface area contributed by atoms with Gasteiger partial charge in [-0.25, -0.2) is 0 Å². The van der Waals surface area contributed by atoms with Crippen molar-refractivity contribution in [3.8, 4) is 5.75 Å². The number of ether oxygens (including phenoxy) is 2. The van der Waals surface area contributed by atoms with E-state index in [0.717, 1.165) is 17.8 Å². The lowest BCUT2D eigenvalue weighted by atomic mass is 10.1. The van der Waals surface area contributed by atoms with Crippen molar-refractivity contribution in [3.05, 3.63) is 23.8 Å². The Morgan fingerprint density at radius 1 is 1.26 bits per heavy atom. The summed E-state index contributed by atoms with van der Waals surface area (Å²) >= 11 is 0. The molecule has 1 atom stereocenters. The van der Waals surface area contributed by atoms with Gasteiger partial charge in [0.2, 0.25) is 0 Å². The Kier molecular flexibility index (Phi) is 6.12. The first-order valence-corrected chi connectivity index (χ1v) is 6.65. The highest BCUT2D eigenvalue weighted by Crippen LogP contribution is 2.33. The second-order valence-corrected chi connectivity index (χ2v) is 4.91. The standard InChI is InChI=1S/C15H25NO3/c1-11(2)19-10-9-16(4)13-7-6-8-14(18-5)15(13)12(3)17/h6-8,11-12,17H,9-10H2,1-5H3/t12-/m0/s1. The maximum Gasteiger partial charge on any atom is 0.126 e. The number of likely N-dealkylation sites (N-methyl/N-ethyl adjacent to an activating group) is 1. The Morgan fingerprint density at radius 2 is 1.95 bits per heavy atom. The largest absolute Gasteiger partial charge is 0.496 e. The first-order chi connectivity index (χ1) is 8.97. The van der Waals surface area contributed by atoms with Crippen molar-refractivity contribution >= 4 is 5.69 Å². The lowest BCUT2D eigenvalue weighted by molar-refractivity contribution is 0.0845.